The Morgan fingerprint density at radius 3 is 2.58 bits per heavy atom. The second kappa shape index (κ2) is 6.33. The third-order valence-electron chi connectivity index (χ3n) is 4.09. The lowest BCUT2D eigenvalue weighted by Crippen LogP contribution is -2.45. The van der Waals surface area contributed by atoms with E-state index in [0.717, 1.165) is 17.2 Å². The van der Waals surface area contributed by atoms with Crippen molar-refractivity contribution in [2.75, 3.05) is 6.54 Å². The van der Waals surface area contributed by atoms with E-state index in [4.69, 9.17) is 0 Å². The van der Waals surface area contributed by atoms with Crippen molar-refractivity contribution in [3.8, 4) is 0 Å². The molecule has 7 heteroatoms. The van der Waals surface area contributed by atoms with Crippen molar-refractivity contribution in [2.24, 2.45) is 0 Å². The second-order valence-electron chi connectivity index (χ2n) is 5.75. The molecular weight excluding hydrogens is 331 g/mol. The van der Waals surface area contributed by atoms with Gasteiger partial charge in [0.05, 0.1) is 0 Å². The molecule has 126 valence electrons. The van der Waals surface area contributed by atoms with Crippen LogP contribution in [0.25, 0.3) is 0 Å². The van der Waals surface area contributed by atoms with Gasteiger partial charge in [-0.25, -0.2) is 9.11 Å². The molecule has 3 rings (SSSR count). The molecule has 2 aromatic carbocycles. The van der Waals surface area contributed by atoms with Crippen molar-refractivity contribution in [2.45, 2.75) is 19.9 Å². The van der Waals surface area contributed by atoms with E-state index in [0.29, 0.717) is 18.5 Å². The third-order valence-corrected chi connectivity index (χ3v) is 5.53. The van der Waals surface area contributed by atoms with Gasteiger partial charge in [0.1, 0.15) is 5.82 Å². The van der Waals surface area contributed by atoms with Crippen molar-refractivity contribution in [1.29, 1.82) is 0 Å². The third kappa shape index (κ3) is 3.32. The van der Waals surface area contributed by atoms with Gasteiger partial charge >= 0.3 is 10.2 Å². The zero-order chi connectivity index (χ0) is 17.3. The number of fused-ring (bicyclic) bond motifs is 1. The number of aryl methyl sites for hydroxylation is 1. The van der Waals surface area contributed by atoms with E-state index in [1.54, 1.807) is 6.92 Å². The highest BCUT2D eigenvalue weighted by Crippen LogP contribution is 2.20. The van der Waals surface area contributed by atoms with Crippen LogP contribution in [0.1, 0.15) is 27.0 Å². The minimum Gasteiger partial charge on any atom is -0.268 e. The first-order valence-electron chi connectivity index (χ1n) is 7.52. The van der Waals surface area contributed by atoms with Gasteiger partial charge in [-0.1, -0.05) is 30.3 Å². The van der Waals surface area contributed by atoms with Gasteiger partial charge in [0, 0.05) is 18.7 Å². The molecule has 5 nitrogen and oxygen atoms in total. The lowest BCUT2D eigenvalue weighted by atomic mass is 10.0. The molecule has 1 aliphatic rings. The predicted molar refractivity (Wildman–Crippen MR) is 88.1 cm³/mol. The average Bonchev–Trinajstić information content (AvgIpc) is 2.56. The molecule has 1 N–H and O–H groups in total. The van der Waals surface area contributed by atoms with Gasteiger partial charge in [-0.15, -0.1) is 0 Å². The zero-order valence-corrected chi connectivity index (χ0v) is 13.9. The molecule has 0 saturated carbocycles. The van der Waals surface area contributed by atoms with E-state index in [-0.39, 0.29) is 12.1 Å². The number of carbonyl (C=O) groups excluding carboxylic acids is 1. The lowest BCUT2D eigenvalue weighted by Gasteiger charge is -2.27. The van der Waals surface area contributed by atoms with Gasteiger partial charge in [0.25, 0.3) is 5.91 Å². The van der Waals surface area contributed by atoms with Gasteiger partial charge in [-0.05, 0) is 42.2 Å². The first-order chi connectivity index (χ1) is 11.4. The first kappa shape index (κ1) is 16.6. The van der Waals surface area contributed by atoms with Crippen molar-refractivity contribution >= 4 is 16.1 Å². The fourth-order valence-electron chi connectivity index (χ4n) is 2.65. The largest absolute Gasteiger partial charge is 0.304 e. The summed E-state index contributed by atoms with van der Waals surface area (Å²) in [6.45, 7) is 2.07. The van der Waals surface area contributed by atoms with Crippen LogP contribution in [0.2, 0.25) is 0 Å². The summed E-state index contributed by atoms with van der Waals surface area (Å²) in [6, 6.07) is 11.5. The van der Waals surface area contributed by atoms with Gasteiger partial charge in [0.15, 0.2) is 0 Å². The molecule has 0 aliphatic carbocycles. The Kier molecular flexibility index (Phi) is 4.38. The van der Waals surface area contributed by atoms with Crippen LogP contribution in [-0.4, -0.2) is 25.2 Å². The highest BCUT2D eigenvalue weighted by Gasteiger charge is 2.28. The number of carbonyl (C=O) groups is 1. The zero-order valence-electron chi connectivity index (χ0n) is 13.1. The minimum absolute atomic E-state index is 0.0286. The second-order valence-corrected chi connectivity index (χ2v) is 7.42. The Morgan fingerprint density at radius 2 is 1.88 bits per heavy atom. The molecule has 2 aromatic rings. The highest BCUT2D eigenvalue weighted by molar-refractivity contribution is 7.87. The highest BCUT2D eigenvalue weighted by atomic mass is 32.2. The predicted octanol–water partition coefficient (Wildman–Crippen LogP) is 2.17. The summed E-state index contributed by atoms with van der Waals surface area (Å²) in [5, 5.41) is 0. The van der Waals surface area contributed by atoms with E-state index in [1.165, 1.54) is 16.4 Å². The minimum atomic E-state index is -3.99. The molecule has 0 aromatic heterocycles. The number of nitrogens with one attached hydrogen (secondary N) is 1. The van der Waals surface area contributed by atoms with Crippen LogP contribution in [0.4, 0.5) is 4.39 Å². The Morgan fingerprint density at radius 1 is 1.17 bits per heavy atom. The van der Waals surface area contributed by atoms with E-state index in [1.807, 2.05) is 29.0 Å². The topological polar surface area (TPSA) is 66.5 Å². The average molecular weight is 348 g/mol. The number of benzene rings is 2. The molecule has 0 atom stereocenters. The molecule has 0 bridgehead atoms. The lowest BCUT2D eigenvalue weighted by molar-refractivity contribution is 0.0978. The number of rotatable bonds is 3. The molecular formula is C17H17FN2O3S. The fourth-order valence-corrected chi connectivity index (χ4v) is 3.77. The summed E-state index contributed by atoms with van der Waals surface area (Å²) in [4.78, 5) is 12.1. The summed E-state index contributed by atoms with van der Waals surface area (Å²) >= 11 is 0. The molecule has 0 spiro atoms. The monoisotopic (exact) mass is 348 g/mol. The van der Waals surface area contributed by atoms with Crippen LogP contribution in [0.5, 0.6) is 0 Å². The Balaban J connectivity index is 1.77. The van der Waals surface area contributed by atoms with Crippen LogP contribution in [-0.2, 0) is 23.2 Å². The van der Waals surface area contributed by atoms with Crippen LogP contribution in [0, 0.1) is 12.7 Å². The van der Waals surface area contributed by atoms with Gasteiger partial charge in [-0.3, -0.25) is 4.79 Å². The summed E-state index contributed by atoms with van der Waals surface area (Å²) in [6.07, 6.45) is 0.588. The maximum atomic E-state index is 13.6. The number of halogens is 1. The fraction of sp³-hybridized carbons (Fsp3) is 0.235. The van der Waals surface area contributed by atoms with Crippen molar-refractivity contribution in [1.82, 2.24) is 9.03 Å². The van der Waals surface area contributed by atoms with E-state index in [9.17, 15) is 17.6 Å². The van der Waals surface area contributed by atoms with Gasteiger partial charge in [0.2, 0.25) is 0 Å². The van der Waals surface area contributed by atoms with Crippen molar-refractivity contribution < 1.29 is 17.6 Å². The van der Waals surface area contributed by atoms with Crippen LogP contribution < -0.4 is 4.72 Å². The number of hydrogen-bond donors (Lipinski definition) is 1. The van der Waals surface area contributed by atoms with Crippen LogP contribution in [0.3, 0.4) is 0 Å². The van der Waals surface area contributed by atoms with E-state index >= 15 is 0 Å². The molecule has 0 saturated heterocycles. The quantitative estimate of drug-likeness (QED) is 0.924. The van der Waals surface area contributed by atoms with E-state index < -0.39 is 21.9 Å². The Hall–Kier alpha value is -2.25. The standard InChI is InChI=1S/C17H17FN2O3S/c1-12-6-7-14(10-16(12)18)17(21)19-24(22,23)20-9-8-13-4-2-3-5-15(13)11-20/h2-7,10H,8-9,11H2,1H3,(H,19,21). The maximum absolute atomic E-state index is 13.6. The normalized spacial score (nSPS) is 14.9. The molecule has 1 aliphatic heterocycles. The summed E-state index contributed by atoms with van der Waals surface area (Å²) in [5.41, 5.74) is 2.39. The summed E-state index contributed by atoms with van der Waals surface area (Å²) in [7, 11) is -3.99. The molecule has 1 heterocycles. The summed E-state index contributed by atoms with van der Waals surface area (Å²) in [5.74, 6) is -1.39. The SMILES string of the molecule is Cc1ccc(C(=O)NS(=O)(=O)N2CCc3ccccc3C2)cc1F. The number of hydrogen-bond acceptors (Lipinski definition) is 3. The smallest absolute Gasteiger partial charge is 0.268 e. The molecule has 24 heavy (non-hydrogen) atoms. The van der Waals surface area contributed by atoms with Gasteiger partial charge in [-0.2, -0.15) is 12.7 Å². The molecule has 0 fully saturated rings. The first-order valence-corrected chi connectivity index (χ1v) is 8.96. The van der Waals surface area contributed by atoms with Crippen LogP contribution in [0.15, 0.2) is 42.5 Å². The molecule has 0 unspecified atom stereocenters. The van der Waals surface area contributed by atoms with Crippen LogP contribution >= 0.6 is 0 Å². The number of amides is 1. The van der Waals surface area contributed by atoms with Gasteiger partial charge < -0.3 is 0 Å². The maximum Gasteiger partial charge on any atom is 0.304 e. The van der Waals surface area contributed by atoms with Crippen molar-refractivity contribution in [3.63, 3.8) is 0 Å². The molecule has 1 amide bonds. The van der Waals surface area contributed by atoms with Crippen molar-refractivity contribution in [3.05, 3.63) is 70.5 Å². The van der Waals surface area contributed by atoms with E-state index in [2.05, 4.69) is 0 Å². The Labute approximate surface area is 140 Å². The Bertz CT molecular complexity index is 896. The molecule has 0 radical (unpaired) electrons. The summed E-state index contributed by atoms with van der Waals surface area (Å²) < 4.78 is 41.6. The number of nitrogens with zero attached hydrogens (tertiary/aromatic N) is 1.